The first-order chi connectivity index (χ1) is 13.1. The van der Waals surface area contributed by atoms with Crippen molar-refractivity contribution in [2.24, 2.45) is 0 Å². The second kappa shape index (κ2) is 9.10. The SMILES string of the molecule is CCN(CC1COc2ccccc2O1)C(=O)NCC(c1cccs1)N(C)C. The van der Waals surface area contributed by atoms with Crippen molar-refractivity contribution in [3.05, 3.63) is 46.7 Å². The molecule has 0 bridgehead atoms. The first-order valence-electron chi connectivity index (χ1n) is 9.19. The fourth-order valence-electron chi connectivity index (χ4n) is 3.07. The van der Waals surface area contributed by atoms with Gasteiger partial charge in [-0.25, -0.2) is 4.79 Å². The van der Waals surface area contributed by atoms with Gasteiger partial charge in [0, 0.05) is 18.0 Å². The molecule has 2 amide bonds. The average molecular weight is 390 g/mol. The molecule has 1 aromatic carbocycles. The van der Waals surface area contributed by atoms with Crippen LogP contribution in [0.5, 0.6) is 11.5 Å². The van der Waals surface area contributed by atoms with Crippen molar-refractivity contribution in [3.8, 4) is 11.5 Å². The van der Waals surface area contributed by atoms with Crippen LogP contribution in [-0.2, 0) is 0 Å². The largest absolute Gasteiger partial charge is 0.486 e. The van der Waals surface area contributed by atoms with E-state index < -0.39 is 0 Å². The molecule has 7 heteroatoms. The molecule has 3 rings (SSSR count). The third kappa shape index (κ3) is 4.93. The van der Waals surface area contributed by atoms with E-state index in [0.717, 1.165) is 11.5 Å². The number of nitrogens with zero attached hydrogens (tertiary/aromatic N) is 2. The molecule has 0 saturated carbocycles. The lowest BCUT2D eigenvalue weighted by Gasteiger charge is -2.31. The van der Waals surface area contributed by atoms with Crippen LogP contribution in [0.2, 0.25) is 0 Å². The summed E-state index contributed by atoms with van der Waals surface area (Å²) in [6, 6.07) is 11.8. The maximum Gasteiger partial charge on any atom is 0.317 e. The van der Waals surface area contributed by atoms with Gasteiger partial charge in [-0.3, -0.25) is 0 Å². The molecule has 1 N–H and O–H groups in total. The molecule has 146 valence electrons. The number of nitrogens with one attached hydrogen (secondary N) is 1. The Morgan fingerprint density at radius 3 is 2.70 bits per heavy atom. The van der Waals surface area contributed by atoms with Crippen LogP contribution in [0.1, 0.15) is 17.8 Å². The summed E-state index contributed by atoms with van der Waals surface area (Å²) in [5.74, 6) is 1.49. The molecule has 0 aliphatic carbocycles. The Morgan fingerprint density at radius 1 is 1.26 bits per heavy atom. The van der Waals surface area contributed by atoms with Gasteiger partial charge in [-0.1, -0.05) is 18.2 Å². The Kier molecular flexibility index (Phi) is 6.58. The van der Waals surface area contributed by atoms with Gasteiger partial charge >= 0.3 is 6.03 Å². The summed E-state index contributed by atoms with van der Waals surface area (Å²) in [6.45, 7) is 4.07. The average Bonchev–Trinajstić information content (AvgIpc) is 3.20. The number of rotatable bonds is 7. The highest BCUT2D eigenvalue weighted by Gasteiger charge is 2.25. The van der Waals surface area contributed by atoms with E-state index in [4.69, 9.17) is 9.47 Å². The number of benzene rings is 1. The van der Waals surface area contributed by atoms with Gasteiger partial charge in [0.25, 0.3) is 0 Å². The minimum atomic E-state index is -0.174. The predicted octanol–water partition coefficient (Wildman–Crippen LogP) is 3.22. The van der Waals surface area contributed by atoms with Gasteiger partial charge in [-0.15, -0.1) is 11.3 Å². The third-order valence-corrected chi connectivity index (χ3v) is 5.58. The molecule has 0 saturated heterocycles. The van der Waals surface area contributed by atoms with E-state index >= 15 is 0 Å². The fourth-order valence-corrected chi connectivity index (χ4v) is 3.99. The van der Waals surface area contributed by atoms with Gasteiger partial charge in [0.05, 0.1) is 12.6 Å². The molecular weight excluding hydrogens is 362 g/mol. The minimum Gasteiger partial charge on any atom is -0.486 e. The summed E-state index contributed by atoms with van der Waals surface area (Å²) in [5.41, 5.74) is 0. The van der Waals surface area contributed by atoms with Crippen LogP contribution in [0.25, 0.3) is 0 Å². The number of hydrogen-bond donors (Lipinski definition) is 1. The lowest BCUT2D eigenvalue weighted by Crippen LogP contribution is -2.48. The molecule has 1 aliphatic heterocycles. The molecule has 0 spiro atoms. The van der Waals surface area contributed by atoms with E-state index in [0.29, 0.717) is 26.2 Å². The van der Waals surface area contributed by atoms with Crippen molar-refractivity contribution in [1.82, 2.24) is 15.1 Å². The maximum absolute atomic E-state index is 12.7. The maximum atomic E-state index is 12.7. The molecule has 1 aromatic heterocycles. The highest BCUT2D eigenvalue weighted by Crippen LogP contribution is 2.31. The first-order valence-corrected chi connectivity index (χ1v) is 10.1. The summed E-state index contributed by atoms with van der Waals surface area (Å²) < 4.78 is 11.7. The topological polar surface area (TPSA) is 54.0 Å². The van der Waals surface area contributed by atoms with Gasteiger partial charge < -0.3 is 24.6 Å². The Labute approximate surface area is 164 Å². The number of fused-ring (bicyclic) bond motifs is 1. The first kappa shape index (κ1) is 19.5. The molecule has 1 aliphatic rings. The zero-order valence-corrected chi connectivity index (χ0v) is 16.9. The van der Waals surface area contributed by atoms with E-state index in [1.54, 1.807) is 16.2 Å². The van der Waals surface area contributed by atoms with Gasteiger partial charge in [0.15, 0.2) is 17.6 Å². The molecule has 6 nitrogen and oxygen atoms in total. The number of urea groups is 1. The Bertz CT molecular complexity index is 736. The normalized spacial score (nSPS) is 16.8. The van der Waals surface area contributed by atoms with Crippen molar-refractivity contribution in [2.75, 3.05) is 40.3 Å². The van der Waals surface area contributed by atoms with Crippen molar-refractivity contribution in [2.45, 2.75) is 19.1 Å². The molecule has 0 fully saturated rings. The van der Waals surface area contributed by atoms with Crippen LogP contribution in [0.3, 0.4) is 0 Å². The minimum absolute atomic E-state index is 0.0802. The Hall–Kier alpha value is -2.25. The molecule has 27 heavy (non-hydrogen) atoms. The van der Waals surface area contributed by atoms with E-state index in [9.17, 15) is 4.79 Å². The number of thiophene rings is 1. The summed E-state index contributed by atoms with van der Waals surface area (Å²) in [4.78, 5) is 17.8. The van der Waals surface area contributed by atoms with Crippen molar-refractivity contribution >= 4 is 17.4 Å². The fraction of sp³-hybridized carbons (Fsp3) is 0.450. The number of carbonyl (C=O) groups excluding carboxylic acids is 1. The number of ether oxygens (including phenoxy) is 2. The second-order valence-electron chi connectivity index (χ2n) is 6.72. The lowest BCUT2D eigenvalue weighted by molar-refractivity contribution is 0.0673. The zero-order valence-electron chi connectivity index (χ0n) is 16.1. The molecule has 2 aromatic rings. The third-order valence-electron chi connectivity index (χ3n) is 4.60. The number of amides is 2. The van der Waals surface area contributed by atoms with Crippen LogP contribution in [0, 0.1) is 0 Å². The number of carbonyl (C=O) groups is 1. The van der Waals surface area contributed by atoms with Crippen LogP contribution in [0.4, 0.5) is 4.79 Å². The quantitative estimate of drug-likeness (QED) is 0.790. The van der Waals surface area contributed by atoms with Crippen LogP contribution in [0.15, 0.2) is 41.8 Å². The monoisotopic (exact) mass is 389 g/mol. The van der Waals surface area contributed by atoms with E-state index in [1.807, 2.05) is 51.4 Å². The van der Waals surface area contributed by atoms with Crippen LogP contribution < -0.4 is 14.8 Å². The smallest absolute Gasteiger partial charge is 0.317 e. The van der Waals surface area contributed by atoms with Crippen LogP contribution >= 0.6 is 11.3 Å². The summed E-state index contributed by atoms with van der Waals surface area (Å²) in [7, 11) is 4.05. The van der Waals surface area contributed by atoms with E-state index in [1.165, 1.54) is 4.88 Å². The zero-order chi connectivity index (χ0) is 19.2. The van der Waals surface area contributed by atoms with Gasteiger partial charge in [-0.05, 0) is 44.6 Å². The Balaban J connectivity index is 1.55. The van der Waals surface area contributed by atoms with Crippen molar-refractivity contribution in [1.29, 1.82) is 0 Å². The molecule has 2 atom stereocenters. The number of hydrogen-bond acceptors (Lipinski definition) is 5. The number of likely N-dealkylation sites (N-methyl/N-ethyl adjacent to an activating group) is 2. The molecular formula is C20H27N3O3S. The summed E-state index contributed by atoms with van der Waals surface area (Å²) in [6.07, 6.45) is -0.174. The predicted molar refractivity (Wildman–Crippen MR) is 108 cm³/mol. The number of para-hydroxylation sites is 2. The Morgan fingerprint density at radius 2 is 2.04 bits per heavy atom. The highest BCUT2D eigenvalue weighted by molar-refractivity contribution is 7.10. The van der Waals surface area contributed by atoms with Gasteiger partial charge in [0.2, 0.25) is 0 Å². The van der Waals surface area contributed by atoms with Crippen LogP contribution in [-0.4, -0.2) is 62.3 Å². The second-order valence-corrected chi connectivity index (χ2v) is 7.70. The van der Waals surface area contributed by atoms with E-state index in [2.05, 4.69) is 21.7 Å². The van der Waals surface area contributed by atoms with Gasteiger partial charge in [0.1, 0.15) is 6.61 Å². The highest BCUT2D eigenvalue weighted by atomic mass is 32.1. The van der Waals surface area contributed by atoms with Gasteiger partial charge in [-0.2, -0.15) is 0 Å². The molecule has 0 radical (unpaired) electrons. The molecule has 2 unspecified atom stereocenters. The van der Waals surface area contributed by atoms with Crippen molar-refractivity contribution in [3.63, 3.8) is 0 Å². The standard InChI is InChI=1S/C20H27N3O3S/c1-4-23(13-15-14-25-17-8-5-6-9-18(17)26-15)20(24)21-12-16(22(2)3)19-10-7-11-27-19/h5-11,15-16H,4,12-14H2,1-3H3,(H,21,24). The van der Waals surface area contributed by atoms with E-state index in [-0.39, 0.29) is 18.2 Å². The molecule has 2 heterocycles. The summed E-state index contributed by atoms with van der Waals surface area (Å²) in [5, 5.41) is 5.13. The van der Waals surface area contributed by atoms with Crippen molar-refractivity contribution < 1.29 is 14.3 Å². The lowest BCUT2D eigenvalue weighted by atomic mass is 10.2. The summed E-state index contributed by atoms with van der Waals surface area (Å²) >= 11 is 1.70.